The first-order valence-electron chi connectivity index (χ1n) is 11.9. The first-order valence-corrected chi connectivity index (χ1v) is 11.9. The van der Waals surface area contributed by atoms with Gasteiger partial charge >= 0.3 is 18.4 Å². The molecule has 0 spiro atoms. The lowest BCUT2D eigenvalue weighted by Gasteiger charge is -2.41. The third-order valence-electron chi connectivity index (χ3n) is 6.52. The molecule has 1 heterocycles. The molecule has 1 amide bonds. The Morgan fingerprint density at radius 3 is 2.03 bits per heavy atom. The first kappa shape index (κ1) is 28.4. The topological polar surface area (TPSA) is 38.8 Å². The van der Waals surface area contributed by atoms with Gasteiger partial charge in [0.2, 0.25) is 0 Å². The SMILES string of the molecule is C=C(OCC1(c2ccccc2)CCN(C(=O)OCCCC)CC1)c1cc(C(F)(F)F)cc(C(F)(F)F)c1. The van der Waals surface area contributed by atoms with E-state index in [0.29, 0.717) is 44.7 Å². The second-order valence-corrected chi connectivity index (χ2v) is 9.11. The van der Waals surface area contributed by atoms with E-state index in [9.17, 15) is 31.1 Å². The number of hydrogen-bond acceptors (Lipinski definition) is 3. The van der Waals surface area contributed by atoms with Crippen molar-refractivity contribution in [3.8, 4) is 0 Å². The number of alkyl halides is 6. The summed E-state index contributed by atoms with van der Waals surface area (Å²) in [6, 6.07) is 10.5. The summed E-state index contributed by atoms with van der Waals surface area (Å²) in [5.41, 5.74) is -3.01. The van der Waals surface area contributed by atoms with Crippen molar-refractivity contribution in [2.75, 3.05) is 26.3 Å². The standard InChI is InChI=1S/C27H29F6NO3/c1-3-4-14-36-24(35)34-12-10-25(11-13-34,21-8-6-5-7-9-21)18-37-19(2)20-15-22(26(28,29)30)17-23(16-20)27(31,32)33/h5-9,15-17H,2-4,10-14,18H2,1H3. The van der Waals surface area contributed by atoms with Gasteiger partial charge in [-0.2, -0.15) is 26.3 Å². The van der Waals surface area contributed by atoms with Gasteiger partial charge in [0.25, 0.3) is 0 Å². The molecule has 0 aromatic heterocycles. The average Bonchev–Trinajstić information content (AvgIpc) is 2.87. The molecule has 2 aromatic carbocycles. The average molecular weight is 530 g/mol. The fourth-order valence-electron chi connectivity index (χ4n) is 4.24. The highest BCUT2D eigenvalue weighted by molar-refractivity contribution is 5.67. The van der Waals surface area contributed by atoms with Gasteiger partial charge in [-0.15, -0.1) is 0 Å². The summed E-state index contributed by atoms with van der Waals surface area (Å²) in [7, 11) is 0. The van der Waals surface area contributed by atoms with E-state index in [1.807, 2.05) is 37.3 Å². The molecule has 0 atom stereocenters. The van der Waals surface area contributed by atoms with Crippen LogP contribution < -0.4 is 0 Å². The highest BCUT2D eigenvalue weighted by atomic mass is 19.4. The fraction of sp³-hybridized carbons (Fsp3) is 0.444. The van der Waals surface area contributed by atoms with Gasteiger partial charge in [0.15, 0.2) is 0 Å². The van der Waals surface area contributed by atoms with Crippen molar-refractivity contribution in [2.24, 2.45) is 0 Å². The van der Waals surface area contributed by atoms with Gasteiger partial charge in [-0.3, -0.25) is 0 Å². The zero-order chi connectivity index (χ0) is 27.3. The maximum atomic E-state index is 13.3. The molecule has 3 rings (SSSR count). The summed E-state index contributed by atoms with van der Waals surface area (Å²) >= 11 is 0. The van der Waals surface area contributed by atoms with Crippen LogP contribution in [0.4, 0.5) is 31.1 Å². The molecule has 202 valence electrons. The number of likely N-dealkylation sites (tertiary alicyclic amines) is 1. The van der Waals surface area contributed by atoms with Crippen LogP contribution in [-0.2, 0) is 27.2 Å². The number of halogens is 6. The normalized spacial score (nSPS) is 15.8. The zero-order valence-corrected chi connectivity index (χ0v) is 20.4. The highest BCUT2D eigenvalue weighted by Gasteiger charge is 2.40. The third kappa shape index (κ3) is 7.20. The minimum Gasteiger partial charge on any atom is -0.493 e. The number of nitrogens with zero attached hydrogens (tertiary/aromatic N) is 1. The summed E-state index contributed by atoms with van der Waals surface area (Å²) in [5, 5.41) is 0. The van der Waals surface area contributed by atoms with Gasteiger partial charge in [-0.25, -0.2) is 4.79 Å². The van der Waals surface area contributed by atoms with Crippen molar-refractivity contribution in [3.05, 3.63) is 77.4 Å². The van der Waals surface area contributed by atoms with Crippen LogP contribution >= 0.6 is 0 Å². The van der Waals surface area contributed by atoms with Crippen molar-refractivity contribution in [1.82, 2.24) is 4.90 Å². The number of amides is 1. The van der Waals surface area contributed by atoms with Gasteiger partial charge in [0.1, 0.15) is 5.76 Å². The largest absolute Gasteiger partial charge is 0.493 e. The minimum atomic E-state index is -4.97. The minimum absolute atomic E-state index is 0.0355. The smallest absolute Gasteiger partial charge is 0.416 e. The molecule has 0 bridgehead atoms. The predicted octanol–water partition coefficient (Wildman–Crippen LogP) is 7.68. The Balaban J connectivity index is 1.80. The van der Waals surface area contributed by atoms with Crippen molar-refractivity contribution >= 4 is 11.9 Å². The lowest BCUT2D eigenvalue weighted by atomic mass is 9.73. The van der Waals surface area contributed by atoms with Crippen molar-refractivity contribution in [3.63, 3.8) is 0 Å². The molecule has 0 aliphatic carbocycles. The Hall–Kier alpha value is -3.17. The molecule has 2 aromatic rings. The predicted molar refractivity (Wildman–Crippen MR) is 127 cm³/mol. The van der Waals surface area contributed by atoms with Crippen molar-refractivity contribution in [2.45, 2.75) is 50.4 Å². The summed E-state index contributed by atoms with van der Waals surface area (Å²) in [6.45, 7) is 6.62. The van der Waals surface area contributed by atoms with E-state index in [2.05, 4.69) is 6.58 Å². The van der Waals surface area contributed by atoms with E-state index in [-0.39, 0.29) is 18.4 Å². The van der Waals surface area contributed by atoms with E-state index in [1.165, 1.54) is 0 Å². The number of hydrogen-bond donors (Lipinski definition) is 0. The molecular weight excluding hydrogens is 500 g/mol. The van der Waals surface area contributed by atoms with Crippen molar-refractivity contribution in [1.29, 1.82) is 0 Å². The van der Waals surface area contributed by atoms with Gasteiger partial charge in [0, 0.05) is 24.1 Å². The number of carbonyl (C=O) groups is 1. The number of benzene rings is 2. The summed E-state index contributed by atoms with van der Waals surface area (Å²) < 4.78 is 90.7. The zero-order valence-electron chi connectivity index (χ0n) is 20.4. The van der Waals surface area contributed by atoms with Gasteiger partial charge in [-0.1, -0.05) is 50.3 Å². The Morgan fingerprint density at radius 2 is 1.51 bits per heavy atom. The first-order chi connectivity index (χ1) is 17.4. The Kier molecular flexibility index (Phi) is 8.81. The van der Waals surface area contributed by atoms with Crippen LogP contribution in [0.2, 0.25) is 0 Å². The maximum Gasteiger partial charge on any atom is 0.416 e. The Labute approximate surface area is 211 Å². The van der Waals surface area contributed by atoms with Crippen molar-refractivity contribution < 1.29 is 40.6 Å². The molecule has 4 nitrogen and oxygen atoms in total. The molecule has 1 aliphatic rings. The lowest BCUT2D eigenvalue weighted by molar-refractivity contribution is -0.143. The van der Waals surface area contributed by atoms with Gasteiger partial charge in [0.05, 0.1) is 24.3 Å². The Bertz CT molecular complexity index is 1040. The molecule has 0 saturated carbocycles. The van der Waals surface area contributed by atoms with Crippen LogP contribution in [0.1, 0.15) is 54.9 Å². The molecule has 0 N–H and O–H groups in total. The van der Waals surface area contributed by atoms with E-state index in [4.69, 9.17) is 9.47 Å². The van der Waals surface area contributed by atoms with E-state index in [0.717, 1.165) is 18.4 Å². The number of ether oxygens (including phenoxy) is 2. The summed E-state index contributed by atoms with van der Waals surface area (Å²) in [4.78, 5) is 14.0. The number of carbonyl (C=O) groups excluding carboxylic acids is 1. The number of unbranched alkanes of at least 4 members (excludes halogenated alkanes) is 1. The van der Waals surface area contributed by atoms with E-state index in [1.54, 1.807) is 4.90 Å². The van der Waals surface area contributed by atoms with Gasteiger partial charge < -0.3 is 14.4 Å². The summed E-state index contributed by atoms with van der Waals surface area (Å²) in [5.74, 6) is -0.298. The maximum absolute atomic E-state index is 13.3. The van der Waals surface area contributed by atoms with Crippen LogP contribution in [0, 0.1) is 0 Å². The molecular formula is C27H29F6NO3. The third-order valence-corrected chi connectivity index (χ3v) is 6.52. The molecule has 10 heteroatoms. The molecule has 1 aliphatic heterocycles. The molecule has 1 fully saturated rings. The highest BCUT2D eigenvalue weighted by Crippen LogP contribution is 2.40. The quantitative estimate of drug-likeness (QED) is 0.200. The second kappa shape index (κ2) is 11.5. The van der Waals surface area contributed by atoms with Crippen LogP contribution in [0.15, 0.2) is 55.1 Å². The van der Waals surface area contributed by atoms with Crippen LogP contribution in [0.5, 0.6) is 0 Å². The van der Waals surface area contributed by atoms with E-state index >= 15 is 0 Å². The second-order valence-electron chi connectivity index (χ2n) is 9.11. The van der Waals surface area contributed by atoms with E-state index < -0.39 is 40.6 Å². The monoisotopic (exact) mass is 529 g/mol. The Morgan fingerprint density at radius 1 is 0.946 bits per heavy atom. The van der Waals surface area contributed by atoms with Gasteiger partial charge in [-0.05, 0) is 43.0 Å². The molecule has 0 radical (unpaired) electrons. The lowest BCUT2D eigenvalue weighted by Crippen LogP contribution is -2.47. The summed E-state index contributed by atoms with van der Waals surface area (Å²) in [6.07, 6.45) is -7.78. The van der Waals surface area contributed by atoms with Crippen LogP contribution in [-0.4, -0.2) is 37.3 Å². The molecule has 37 heavy (non-hydrogen) atoms. The molecule has 1 saturated heterocycles. The molecule has 0 unspecified atom stereocenters. The number of rotatable bonds is 8. The fourth-order valence-corrected chi connectivity index (χ4v) is 4.24. The van der Waals surface area contributed by atoms with Crippen LogP contribution in [0.25, 0.3) is 5.76 Å². The number of piperidine rings is 1. The van der Waals surface area contributed by atoms with Crippen LogP contribution in [0.3, 0.4) is 0 Å².